The van der Waals surface area contributed by atoms with Gasteiger partial charge >= 0.3 is 0 Å². The zero-order chi connectivity index (χ0) is 13.7. The minimum absolute atomic E-state index is 0.510. The monoisotopic (exact) mass is 276 g/mol. The molecule has 0 aromatic heterocycles. The van der Waals surface area contributed by atoms with Crippen molar-refractivity contribution in [2.24, 2.45) is 0 Å². The van der Waals surface area contributed by atoms with Crippen LogP contribution in [0.15, 0.2) is 42.5 Å². The van der Waals surface area contributed by atoms with Crippen LogP contribution in [0.25, 0.3) is 0 Å². The summed E-state index contributed by atoms with van der Waals surface area (Å²) < 4.78 is 11.3. The highest BCUT2D eigenvalue weighted by atomic mass is 35.5. The summed E-state index contributed by atoms with van der Waals surface area (Å²) in [6.07, 6.45) is 0. The van der Waals surface area contributed by atoms with Crippen LogP contribution in [0.5, 0.6) is 11.5 Å². The SMILES string of the molecule is Cc1cccc(OCCOc2ccc(Cl)cc2C)c1. The molecule has 0 heterocycles. The van der Waals surface area contributed by atoms with Gasteiger partial charge in [-0.05, 0) is 55.3 Å². The van der Waals surface area contributed by atoms with Crippen molar-refractivity contribution in [2.45, 2.75) is 13.8 Å². The molecule has 100 valence electrons. The van der Waals surface area contributed by atoms with Gasteiger partial charge in [-0.1, -0.05) is 23.7 Å². The lowest BCUT2D eigenvalue weighted by molar-refractivity contribution is 0.216. The maximum atomic E-state index is 5.89. The Hall–Kier alpha value is -1.67. The normalized spacial score (nSPS) is 10.3. The Kier molecular flexibility index (Phi) is 4.69. The second kappa shape index (κ2) is 6.48. The lowest BCUT2D eigenvalue weighted by Crippen LogP contribution is -2.09. The van der Waals surface area contributed by atoms with Gasteiger partial charge in [-0.3, -0.25) is 0 Å². The van der Waals surface area contributed by atoms with Gasteiger partial charge in [-0.15, -0.1) is 0 Å². The number of benzene rings is 2. The molecule has 0 fully saturated rings. The van der Waals surface area contributed by atoms with Crippen molar-refractivity contribution in [1.29, 1.82) is 0 Å². The van der Waals surface area contributed by atoms with Crippen molar-refractivity contribution in [3.05, 3.63) is 58.6 Å². The van der Waals surface area contributed by atoms with E-state index in [4.69, 9.17) is 21.1 Å². The fraction of sp³-hybridized carbons (Fsp3) is 0.250. The highest BCUT2D eigenvalue weighted by Crippen LogP contribution is 2.21. The molecule has 0 radical (unpaired) electrons. The number of ether oxygens (including phenoxy) is 2. The van der Waals surface area contributed by atoms with E-state index < -0.39 is 0 Å². The molecule has 2 aromatic rings. The molecule has 0 atom stereocenters. The van der Waals surface area contributed by atoms with Crippen LogP contribution in [0.2, 0.25) is 5.02 Å². The molecule has 0 amide bonds. The Morgan fingerprint density at radius 3 is 2.47 bits per heavy atom. The lowest BCUT2D eigenvalue weighted by Gasteiger charge is -2.10. The molecular weight excluding hydrogens is 260 g/mol. The maximum Gasteiger partial charge on any atom is 0.122 e. The zero-order valence-electron chi connectivity index (χ0n) is 11.2. The van der Waals surface area contributed by atoms with E-state index in [2.05, 4.69) is 0 Å². The second-order valence-corrected chi connectivity index (χ2v) is 4.86. The highest BCUT2D eigenvalue weighted by molar-refractivity contribution is 6.30. The van der Waals surface area contributed by atoms with E-state index in [1.807, 2.05) is 56.3 Å². The van der Waals surface area contributed by atoms with Crippen molar-refractivity contribution < 1.29 is 9.47 Å². The Bertz CT molecular complexity index is 552. The molecule has 0 bridgehead atoms. The van der Waals surface area contributed by atoms with Gasteiger partial charge in [-0.2, -0.15) is 0 Å². The Balaban J connectivity index is 1.81. The molecule has 0 saturated heterocycles. The molecule has 0 unspecified atom stereocenters. The number of hydrogen-bond acceptors (Lipinski definition) is 2. The number of hydrogen-bond donors (Lipinski definition) is 0. The summed E-state index contributed by atoms with van der Waals surface area (Å²) in [6.45, 7) is 5.05. The summed E-state index contributed by atoms with van der Waals surface area (Å²) in [5, 5.41) is 0.723. The average Bonchev–Trinajstić information content (AvgIpc) is 2.37. The van der Waals surface area contributed by atoms with Crippen LogP contribution in [-0.4, -0.2) is 13.2 Å². The molecule has 19 heavy (non-hydrogen) atoms. The molecular formula is C16H17ClO2. The summed E-state index contributed by atoms with van der Waals surface area (Å²) >= 11 is 5.89. The molecule has 0 aliphatic rings. The van der Waals surface area contributed by atoms with Gasteiger partial charge in [0.1, 0.15) is 24.7 Å². The highest BCUT2D eigenvalue weighted by Gasteiger charge is 2.00. The molecule has 0 N–H and O–H groups in total. The van der Waals surface area contributed by atoms with Gasteiger partial charge in [0, 0.05) is 5.02 Å². The van der Waals surface area contributed by atoms with E-state index in [0.717, 1.165) is 22.1 Å². The van der Waals surface area contributed by atoms with Crippen LogP contribution >= 0.6 is 11.6 Å². The fourth-order valence-electron chi connectivity index (χ4n) is 1.79. The predicted octanol–water partition coefficient (Wildman–Crippen LogP) is 4.41. The van der Waals surface area contributed by atoms with E-state index in [1.54, 1.807) is 0 Å². The third kappa shape index (κ3) is 4.18. The summed E-state index contributed by atoms with van der Waals surface area (Å²) in [4.78, 5) is 0. The third-order valence-corrected chi connectivity index (χ3v) is 2.97. The lowest BCUT2D eigenvalue weighted by atomic mass is 10.2. The van der Waals surface area contributed by atoms with Crippen molar-refractivity contribution in [3.63, 3.8) is 0 Å². The molecule has 2 nitrogen and oxygen atoms in total. The van der Waals surface area contributed by atoms with Crippen LogP contribution in [0.3, 0.4) is 0 Å². The Labute approximate surface area is 118 Å². The molecule has 0 saturated carbocycles. The standard InChI is InChI=1S/C16H17ClO2/c1-12-4-3-5-15(10-12)18-8-9-19-16-7-6-14(17)11-13(16)2/h3-7,10-11H,8-9H2,1-2H3. The van der Waals surface area contributed by atoms with Gasteiger partial charge in [-0.25, -0.2) is 0 Å². The Morgan fingerprint density at radius 1 is 0.947 bits per heavy atom. The third-order valence-electron chi connectivity index (χ3n) is 2.74. The number of rotatable bonds is 5. The van der Waals surface area contributed by atoms with Gasteiger partial charge in [0.05, 0.1) is 0 Å². The summed E-state index contributed by atoms with van der Waals surface area (Å²) in [5.41, 5.74) is 2.22. The average molecular weight is 277 g/mol. The first kappa shape index (κ1) is 13.8. The van der Waals surface area contributed by atoms with Crippen LogP contribution in [0.4, 0.5) is 0 Å². The van der Waals surface area contributed by atoms with Crippen molar-refractivity contribution in [3.8, 4) is 11.5 Å². The van der Waals surface area contributed by atoms with Crippen LogP contribution in [0, 0.1) is 13.8 Å². The van der Waals surface area contributed by atoms with E-state index >= 15 is 0 Å². The molecule has 0 aliphatic heterocycles. The maximum absolute atomic E-state index is 5.89. The Morgan fingerprint density at radius 2 is 1.74 bits per heavy atom. The first-order valence-electron chi connectivity index (χ1n) is 6.23. The number of halogens is 1. The van der Waals surface area contributed by atoms with Crippen molar-refractivity contribution in [2.75, 3.05) is 13.2 Å². The van der Waals surface area contributed by atoms with Crippen LogP contribution in [0.1, 0.15) is 11.1 Å². The van der Waals surface area contributed by atoms with Gasteiger partial charge in [0.2, 0.25) is 0 Å². The molecule has 3 heteroatoms. The summed E-state index contributed by atoms with van der Waals surface area (Å²) in [7, 11) is 0. The van der Waals surface area contributed by atoms with Crippen molar-refractivity contribution >= 4 is 11.6 Å². The predicted molar refractivity (Wildman–Crippen MR) is 78.4 cm³/mol. The van der Waals surface area contributed by atoms with Crippen molar-refractivity contribution in [1.82, 2.24) is 0 Å². The largest absolute Gasteiger partial charge is 0.490 e. The first-order chi connectivity index (χ1) is 9.15. The molecule has 2 rings (SSSR count). The molecule has 0 spiro atoms. The smallest absolute Gasteiger partial charge is 0.122 e. The van der Waals surface area contributed by atoms with Crippen LogP contribution < -0.4 is 9.47 Å². The van der Waals surface area contributed by atoms with E-state index in [9.17, 15) is 0 Å². The van der Waals surface area contributed by atoms with Gasteiger partial charge in [0.25, 0.3) is 0 Å². The fourth-order valence-corrected chi connectivity index (χ4v) is 2.02. The summed E-state index contributed by atoms with van der Waals surface area (Å²) in [5.74, 6) is 1.72. The van der Waals surface area contributed by atoms with Crippen LogP contribution in [-0.2, 0) is 0 Å². The quantitative estimate of drug-likeness (QED) is 0.753. The number of aryl methyl sites for hydroxylation is 2. The zero-order valence-corrected chi connectivity index (χ0v) is 11.9. The molecule has 2 aromatic carbocycles. The topological polar surface area (TPSA) is 18.5 Å². The minimum Gasteiger partial charge on any atom is -0.490 e. The molecule has 0 aliphatic carbocycles. The van der Waals surface area contributed by atoms with E-state index in [-0.39, 0.29) is 0 Å². The van der Waals surface area contributed by atoms with E-state index in [1.165, 1.54) is 5.56 Å². The summed E-state index contributed by atoms with van der Waals surface area (Å²) in [6, 6.07) is 13.6. The second-order valence-electron chi connectivity index (χ2n) is 4.42. The van der Waals surface area contributed by atoms with E-state index in [0.29, 0.717) is 13.2 Å². The van der Waals surface area contributed by atoms with Gasteiger partial charge < -0.3 is 9.47 Å². The van der Waals surface area contributed by atoms with Gasteiger partial charge in [0.15, 0.2) is 0 Å². The first-order valence-corrected chi connectivity index (χ1v) is 6.61. The minimum atomic E-state index is 0.510.